The second-order valence-electron chi connectivity index (χ2n) is 19.6. The summed E-state index contributed by atoms with van der Waals surface area (Å²) in [5, 5.41) is 22.8. The molecule has 2 fully saturated rings. The second-order valence-corrected chi connectivity index (χ2v) is 20.6. The van der Waals surface area contributed by atoms with Crippen LogP contribution in [0.3, 0.4) is 0 Å². The van der Waals surface area contributed by atoms with Gasteiger partial charge in [0, 0.05) is 46.1 Å². The van der Waals surface area contributed by atoms with Crippen molar-refractivity contribution in [2.24, 2.45) is 11.8 Å². The first-order chi connectivity index (χ1) is 36.2. The van der Waals surface area contributed by atoms with Crippen molar-refractivity contribution >= 4 is 104 Å². The van der Waals surface area contributed by atoms with Crippen molar-refractivity contribution < 1.29 is 38.3 Å². The van der Waals surface area contributed by atoms with Crippen LogP contribution >= 0.6 is 40.7 Å². The van der Waals surface area contributed by atoms with E-state index in [1.165, 1.54) is 29.2 Å². The molecule has 1 saturated carbocycles. The zero-order valence-electron chi connectivity index (χ0n) is 43.8. The van der Waals surface area contributed by atoms with Crippen molar-refractivity contribution in [3.63, 3.8) is 0 Å². The van der Waals surface area contributed by atoms with Gasteiger partial charge in [0.1, 0.15) is 11.8 Å². The zero-order valence-corrected chi connectivity index (χ0v) is 47.0. The molecule has 410 valence electrons. The van der Waals surface area contributed by atoms with Crippen LogP contribution in [0.4, 0.5) is 11.4 Å². The van der Waals surface area contributed by atoms with E-state index < -0.39 is 77.0 Å². The lowest BCUT2D eigenvalue weighted by atomic mass is 9.74. The van der Waals surface area contributed by atoms with Gasteiger partial charge >= 0.3 is 0 Å². The van der Waals surface area contributed by atoms with Crippen LogP contribution < -0.4 is 51.8 Å². The molecule has 0 bridgehead atoms. The van der Waals surface area contributed by atoms with Gasteiger partial charge in [0.05, 0.1) is 49.7 Å². The first-order valence-corrected chi connectivity index (χ1v) is 26.4. The fraction of sp³-hybridized carbons (Fsp3) is 0.386. The Morgan fingerprint density at radius 2 is 1.43 bits per heavy atom. The summed E-state index contributed by atoms with van der Waals surface area (Å²) in [6, 6.07) is 28.9. The average molecular weight is 1160 g/mol. The SMILES string of the molecule is CN[C@@H](C)C(=O)N[C@H]1CN(C(=O)c2ccc(C(=O)N[C@@](NC(=O)[C@H](C)NC)(C(=O)[C@@H]3CN[C@H](C(=O)NCc4ccccc4)C3)C3CCCCC3)cc2)c2ccccc2N(Cc2c(OC)ccc3cc(Br)ccc23)C1=O.Cl.Cl. The first kappa shape index (κ1) is 59.8. The van der Waals surface area contributed by atoms with Gasteiger partial charge in [-0.15, -0.1) is 24.8 Å². The van der Waals surface area contributed by atoms with E-state index in [9.17, 15) is 28.8 Å². The molecule has 5 aromatic rings. The van der Waals surface area contributed by atoms with Gasteiger partial charge in [-0.1, -0.05) is 89.8 Å². The quantitative estimate of drug-likeness (QED) is 0.0481. The topological polar surface area (TPSA) is 219 Å². The standard InChI is InChI=1S/C57H66BrN9O8.2ClH/c1-34(59-3)51(69)63-46-33-67(48-19-13-12-18-47(48)66(56(46)74)32-44-43-26-25-42(58)28-39(43)24-27-49(44)75-5)55(73)38-22-20-37(21-23-38)53(71)65-57(41-16-10-7-11-17-41,64-52(70)35(2)60-4)50(68)40-29-45(61-31-40)54(72)62-30-36-14-8-6-9-15-36;;/h6,8-9,12-15,18-28,34-35,40-41,45-46,59-61H,7,10-11,16-17,29-33H2,1-5H3,(H,62,72)(H,63,69)(H,64,70)(H,65,71);2*1H/t34-,35-,40-,45-,46-,57+;;/m0../s1. The third-order valence-corrected chi connectivity index (χ3v) is 15.4. The van der Waals surface area contributed by atoms with E-state index >= 15 is 4.79 Å². The molecule has 0 unspecified atom stereocenters. The minimum absolute atomic E-state index is 0. The Kier molecular flexibility index (Phi) is 20.8. The van der Waals surface area contributed by atoms with Crippen LogP contribution in [0.15, 0.2) is 114 Å². The molecule has 6 amide bonds. The van der Waals surface area contributed by atoms with Gasteiger partial charge in [0.15, 0.2) is 11.4 Å². The maximum atomic E-state index is 15.2. The van der Waals surface area contributed by atoms with Crippen molar-refractivity contribution in [3.8, 4) is 5.75 Å². The molecule has 6 atom stereocenters. The van der Waals surface area contributed by atoms with Crippen LogP contribution in [-0.2, 0) is 37.1 Å². The van der Waals surface area contributed by atoms with Crippen LogP contribution in [0.2, 0.25) is 0 Å². The Morgan fingerprint density at radius 1 is 0.779 bits per heavy atom. The van der Waals surface area contributed by atoms with E-state index in [4.69, 9.17) is 4.74 Å². The number of nitrogens with zero attached hydrogens (tertiary/aromatic N) is 2. The summed E-state index contributed by atoms with van der Waals surface area (Å²) in [6.07, 6.45) is 3.80. The van der Waals surface area contributed by atoms with Gasteiger partial charge in [-0.05, 0) is 118 Å². The predicted octanol–water partition coefficient (Wildman–Crippen LogP) is 6.33. The lowest BCUT2D eigenvalue weighted by Gasteiger charge is -2.44. The fourth-order valence-electron chi connectivity index (χ4n) is 10.4. The Balaban J connectivity index is 0.00000480. The highest BCUT2D eigenvalue weighted by Crippen LogP contribution is 2.39. The molecule has 1 aliphatic carbocycles. The number of carbonyl (C=O) groups excluding carboxylic acids is 7. The summed E-state index contributed by atoms with van der Waals surface area (Å²) in [5.74, 6) is -3.79. The number of nitrogens with one attached hydrogen (secondary N) is 7. The van der Waals surface area contributed by atoms with Crippen molar-refractivity contribution in [3.05, 3.63) is 136 Å². The molecule has 20 heteroatoms. The molecule has 5 aromatic carbocycles. The smallest absolute Gasteiger partial charge is 0.258 e. The third-order valence-electron chi connectivity index (χ3n) is 15.0. The highest BCUT2D eigenvalue weighted by Gasteiger charge is 2.52. The number of rotatable bonds is 18. The number of Topliss-reactive ketones (excluding diaryl/α,β-unsaturated/α-hetero) is 1. The van der Waals surface area contributed by atoms with Crippen LogP contribution in [0.25, 0.3) is 10.8 Å². The van der Waals surface area contributed by atoms with Gasteiger partial charge in [-0.25, -0.2) is 0 Å². The number of carbonyl (C=O) groups is 7. The van der Waals surface area contributed by atoms with E-state index in [1.807, 2.05) is 60.7 Å². The summed E-state index contributed by atoms with van der Waals surface area (Å²) in [5.41, 5.74) is 0.969. The summed E-state index contributed by atoms with van der Waals surface area (Å²) < 4.78 is 6.72. The Bertz CT molecular complexity index is 2950. The van der Waals surface area contributed by atoms with Crippen LogP contribution in [0.1, 0.15) is 84.2 Å². The second kappa shape index (κ2) is 26.8. The summed E-state index contributed by atoms with van der Waals surface area (Å²) >= 11 is 3.56. The Labute approximate surface area is 470 Å². The van der Waals surface area contributed by atoms with E-state index in [2.05, 4.69) is 53.1 Å². The van der Waals surface area contributed by atoms with Gasteiger partial charge in [-0.2, -0.15) is 0 Å². The number of anilines is 2. The number of ketones is 1. The lowest BCUT2D eigenvalue weighted by Crippen LogP contribution is -2.72. The molecule has 0 spiro atoms. The molecular formula is C57H68BrCl2N9O8. The Hall–Kier alpha value is -6.41. The van der Waals surface area contributed by atoms with E-state index in [1.54, 1.807) is 64.2 Å². The molecule has 77 heavy (non-hydrogen) atoms. The number of methoxy groups -OCH3 is 1. The fourth-order valence-corrected chi connectivity index (χ4v) is 10.8. The summed E-state index contributed by atoms with van der Waals surface area (Å²) in [6.45, 7) is 3.64. The maximum absolute atomic E-state index is 15.2. The molecule has 8 rings (SSSR count). The number of fused-ring (bicyclic) bond motifs is 2. The number of para-hydroxylation sites is 2. The lowest BCUT2D eigenvalue weighted by molar-refractivity contribution is -0.139. The maximum Gasteiger partial charge on any atom is 0.258 e. The van der Waals surface area contributed by atoms with Crippen molar-refractivity contribution in [2.45, 2.75) is 95.3 Å². The van der Waals surface area contributed by atoms with E-state index in [0.717, 1.165) is 45.6 Å². The number of hydrogen-bond acceptors (Lipinski definition) is 11. The summed E-state index contributed by atoms with van der Waals surface area (Å²) in [4.78, 5) is 104. The molecule has 3 aliphatic rings. The molecule has 2 aliphatic heterocycles. The zero-order chi connectivity index (χ0) is 53.4. The van der Waals surface area contributed by atoms with Gasteiger partial charge in [0.2, 0.25) is 17.7 Å². The van der Waals surface area contributed by atoms with Gasteiger partial charge < -0.3 is 51.8 Å². The van der Waals surface area contributed by atoms with Crippen molar-refractivity contribution in [1.82, 2.24) is 37.2 Å². The molecule has 1 saturated heterocycles. The number of halogens is 3. The molecule has 0 radical (unpaired) electrons. The van der Waals surface area contributed by atoms with Gasteiger partial charge in [-0.3, -0.25) is 33.6 Å². The number of likely N-dealkylation sites (N-methyl/N-ethyl adjacent to an activating group) is 2. The monoisotopic (exact) mass is 1160 g/mol. The van der Waals surface area contributed by atoms with Crippen molar-refractivity contribution in [2.75, 3.05) is 44.1 Å². The Morgan fingerprint density at radius 3 is 2.10 bits per heavy atom. The third kappa shape index (κ3) is 13.3. The molecule has 7 N–H and O–H groups in total. The number of benzene rings is 5. The molecular weight excluding hydrogens is 1090 g/mol. The minimum atomic E-state index is -1.83. The minimum Gasteiger partial charge on any atom is -0.496 e. The van der Waals surface area contributed by atoms with Crippen molar-refractivity contribution in [1.29, 1.82) is 0 Å². The average Bonchev–Trinajstić information content (AvgIpc) is 3.94. The van der Waals surface area contributed by atoms with E-state index in [0.29, 0.717) is 36.5 Å². The first-order valence-electron chi connectivity index (χ1n) is 25.6. The van der Waals surface area contributed by atoms with Gasteiger partial charge in [0.25, 0.3) is 17.7 Å². The van der Waals surface area contributed by atoms with Crippen LogP contribution in [0.5, 0.6) is 5.75 Å². The van der Waals surface area contributed by atoms with E-state index in [-0.39, 0.29) is 67.9 Å². The summed E-state index contributed by atoms with van der Waals surface area (Å²) in [7, 11) is 4.84. The molecule has 2 heterocycles. The number of hydrogen-bond donors (Lipinski definition) is 7. The van der Waals surface area contributed by atoms with Crippen LogP contribution in [-0.4, -0.2) is 105 Å². The number of amides is 6. The number of ether oxygens (including phenoxy) is 1. The van der Waals surface area contributed by atoms with Crippen LogP contribution in [0, 0.1) is 11.8 Å². The normalized spacial score (nSPS) is 18.9. The highest BCUT2D eigenvalue weighted by atomic mass is 79.9. The molecule has 0 aromatic heterocycles. The molecule has 17 nitrogen and oxygen atoms in total. The largest absolute Gasteiger partial charge is 0.496 e. The highest BCUT2D eigenvalue weighted by molar-refractivity contribution is 9.10. The predicted molar refractivity (Wildman–Crippen MR) is 306 cm³/mol.